The van der Waals surface area contributed by atoms with Gasteiger partial charge in [-0.3, -0.25) is 9.59 Å². The third-order valence-electron chi connectivity index (χ3n) is 7.95. The van der Waals surface area contributed by atoms with E-state index in [1.807, 2.05) is 71.6 Å². The Balaban J connectivity index is 1.43. The van der Waals surface area contributed by atoms with Gasteiger partial charge >= 0.3 is 0 Å². The van der Waals surface area contributed by atoms with Crippen LogP contribution >= 0.6 is 15.9 Å². The molecule has 0 bridgehead atoms. The molecule has 0 unspecified atom stereocenters. The number of carbonyl (C=O) groups is 2. The lowest BCUT2D eigenvalue weighted by Crippen LogP contribution is -2.52. The summed E-state index contributed by atoms with van der Waals surface area (Å²) in [5.74, 6) is -0.0584. The second kappa shape index (κ2) is 13.8. The fourth-order valence-corrected chi connectivity index (χ4v) is 6.27. The van der Waals surface area contributed by atoms with Crippen molar-refractivity contribution >= 4 is 38.5 Å². The van der Waals surface area contributed by atoms with Gasteiger partial charge in [-0.05, 0) is 58.9 Å². The van der Waals surface area contributed by atoms with Crippen LogP contribution in [-0.4, -0.2) is 28.8 Å². The predicted molar refractivity (Wildman–Crippen MR) is 166 cm³/mol. The zero-order valence-electron chi connectivity index (χ0n) is 22.9. The maximum Gasteiger partial charge on any atom is 0.243 e. The van der Waals surface area contributed by atoms with E-state index in [1.54, 1.807) is 0 Å². The molecule has 4 aromatic rings. The minimum Gasteiger partial charge on any atom is -0.352 e. The van der Waals surface area contributed by atoms with Gasteiger partial charge in [-0.1, -0.05) is 120 Å². The van der Waals surface area contributed by atoms with Crippen molar-refractivity contribution in [1.29, 1.82) is 0 Å². The van der Waals surface area contributed by atoms with Crippen LogP contribution in [0.15, 0.2) is 102 Å². The smallest absolute Gasteiger partial charge is 0.243 e. The molecule has 2 amide bonds. The van der Waals surface area contributed by atoms with Gasteiger partial charge in [-0.25, -0.2) is 0 Å². The summed E-state index contributed by atoms with van der Waals surface area (Å²) in [5, 5.41) is 5.67. The predicted octanol–water partition coefficient (Wildman–Crippen LogP) is 7.62. The normalized spacial score (nSPS) is 14.5. The Morgan fingerprint density at radius 3 is 2.33 bits per heavy atom. The van der Waals surface area contributed by atoms with E-state index in [9.17, 15) is 9.59 Å². The lowest BCUT2D eigenvalue weighted by molar-refractivity contribution is -0.141. The molecule has 4 nitrogen and oxygen atoms in total. The first-order chi connectivity index (χ1) is 19.6. The minimum absolute atomic E-state index is 0.00682. The Kier molecular flexibility index (Phi) is 9.67. The lowest BCUT2D eigenvalue weighted by Gasteiger charge is -2.33. The largest absolute Gasteiger partial charge is 0.352 e. The van der Waals surface area contributed by atoms with Gasteiger partial charge in [-0.2, -0.15) is 0 Å². The summed E-state index contributed by atoms with van der Waals surface area (Å²) in [6.45, 7) is 0.378. The Morgan fingerprint density at radius 2 is 1.52 bits per heavy atom. The second-order valence-electron chi connectivity index (χ2n) is 10.8. The maximum absolute atomic E-state index is 14.1. The van der Waals surface area contributed by atoms with Crippen LogP contribution in [0, 0.1) is 0 Å². The zero-order valence-corrected chi connectivity index (χ0v) is 24.5. The fourth-order valence-electron chi connectivity index (χ4n) is 5.83. The van der Waals surface area contributed by atoms with E-state index in [1.165, 1.54) is 17.2 Å². The molecule has 0 saturated heterocycles. The van der Waals surface area contributed by atoms with Crippen molar-refractivity contribution in [3.8, 4) is 0 Å². The number of halogens is 1. The number of amides is 2. The number of benzene rings is 4. The number of nitrogens with one attached hydrogen (secondary N) is 1. The Morgan fingerprint density at radius 1 is 0.825 bits per heavy atom. The lowest BCUT2D eigenvalue weighted by atomic mass is 9.94. The number of aryl methyl sites for hydroxylation is 1. The molecule has 206 valence electrons. The number of hydrogen-bond acceptors (Lipinski definition) is 2. The molecule has 5 heteroatoms. The second-order valence-corrected chi connectivity index (χ2v) is 11.8. The van der Waals surface area contributed by atoms with E-state index in [4.69, 9.17) is 0 Å². The summed E-state index contributed by atoms with van der Waals surface area (Å²) in [5.41, 5.74) is 3.20. The molecule has 1 fully saturated rings. The topological polar surface area (TPSA) is 49.4 Å². The van der Waals surface area contributed by atoms with Crippen LogP contribution in [0.4, 0.5) is 0 Å². The SMILES string of the molecule is O=C(NC1CCCCC1)[C@H](Cc1ccccc1)N(Cc1cccc(Br)c1)C(=O)CCc1cccc2ccccc12. The Hall–Kier alpha value is -3.44. The Bertz CT molecular complexity index is 1430. The molecule has 40 heavy (non-hydrogen) atoms. The van der Waals surface area contributed by atoms with Crippen LogP contribution in [0.2, 0.25) is 0 Å². The van der Waals surface area contributed by atoms with E-state index < -0.39 is 6.04 Å². The molecule has 0 radical (unpaired) electrons. The molecule has 1 N–H and O–H groups in total. The summed E-state index contributed by atoms with van der Waals surface area (Å²) in [4.78, 5) is 29.9. The molecule has 0 spiro atoms. The van der Waals surface area contributed by atoms with Crippen LogP contribution in [0.5, 0.6) is 0 Å². The van der Waals surface area contributed by atoms with Crippen molar-refractivity contribution in [1.82, 2.24) is 10.2 Å². The third-order valence-corrected chi connectivity index (χ3v) is 8.45. The molecule has 1 aliphatic carbocycles. The maximum atomic E-state index is 14.1. The van der Waals surface area contributed by atoms with E-state index in [-0.39, 0.29) is 17.9 Å². The van der Waals surface area contributed by atoms with Gasteiger partial charge in [0.05, 0.1) is 0 Å². The average molecular weight is 598 g/mol. The molecule has 0 aromatic heterocycles. The van der Waals surface area contributed by atoms with Gasteiger partial charge in [0, 0.05) is 29.9 Å². The van der Waals surface area contributed by atoms with Crippen LogP contribution in [0.25, 0.3) is 10.8 Å². The first-order valence-electron chi connectivity index (χ1n) is 14.4. The monoisotopic (exact) mass is 596 g/mol. The van der Waals surface area contributed by atoms with E-state index in [0.29, 0.717) is 25.8 Å². The van der Waals surface area contributed by atoms with Crippen molar-refractivity contribution in [2.24, 2.45) is 0 Å². The highest BCUT2D eigenvalue weighted by Gasteiger charge is 2.31. The van der Waals surface area contributed by atoms with E-state index in [0.717, 1.165) is 46.8 Å². The van der Waals surface area contributed by atoms with Crippen LogP contribution < -0.4 is 5.32 Å². The first-order valence-corrected chi connectivity index (χ1v) is 15.2. The number of rotatable bonds is 10. The summed E-state index contributed by atoms with van der Waals surface area (Å²) >= 11 is 3.58. The summed E-state index contributed by atoms with van der Waals surface area (Å²) in [7, 11) is 0. The number of fused-ring (bicyclic) bond motifs is 1. The summed E-state index contributed by atoms with van der Waals surface area (Å²) < 4.78 is 0.958. The number of hydrogen-bond donors (Lipinski definition) is 1. The molecule has 1 aliphatic rings. The number of nitrogens with zero attached hydrogens (tertiary/aromatic N) is 1. The molecule has 1 atom stereocenters. The van der Waals surface area contributed by atoms with E-state index >= 15 is 0 Å². The average Bonchev–Trinajstić information content (AvgIpc) is 2.98. The highest BCUT2D eigenvalue weighted by Crippen LogP contribution is 2.23. The van der Waals surface area contributed by atoms with Crippen molar-refractivity contribution in [2.45, 2.75) is 70.0 Å². The van der Waals surface area contributed by atoms with Crippen molar-refractivity contribution < 1.29 is 9.59 Å². The first kappa shape index (κ1) is 28.1. The van der Waals surface area contributed by atoms with E-state index in [2.05, 4.69) is 51.6 Å². The molecule has 0 aliphatic heterocycles. The molecule has 4 aromatic carbocycles. The molecule has 5 rings (SSSR count). The standard InChI is InChI=1S/C35H37BrN2O2/c36-30-17-9-13-27(23-30)25-38(34(39)22-21-29-16-10-15-28-14-7-8-20-32(28)29)33(24-26-11-3-1-4-12-26)35(40)37-31-18-5-2-6-19-31/h1,3-4,7-17,20,23,31,33H,2,5-6,18-19,21-22,24-25H2,(H,37,40)/t33-/m0/s1. The highest BCUT2D eigenvalue weighted by molar-refractivity contribution is 9.10. The van der Waals surface area contributed by atoms with Crippen molar-refractivity contribution in [3.63, 3.8) is 0 Å². The molecule has 0 heterocycles. The molecule has 1 saturated carbocycles. The van der Waals surface area contributed by atoms with Gasteiger partial charge in [0.1, 0.15) is 6.04 Å². The highest BCUT2D eigenvalue weighted by atomic mass is 79.9. The van der Waals surface area contributed by atoms with Crippen LogP contribution in [-0.2, 0) is 29.0 Å². The van der Waals surface area contributed by atoms with Gasteiger partial charge < -0.3 is 10.2 Å². The van der Waals surface area contributed by atoms with Crippen LogP contribution in [0.1, 0.15) is 55.2 Å². The summed E-state index contributed by atoms with van der Waals surface area (Å²) in [6, 6.07) is 32.2. The molecular formula is C35H37BrN2O2. The van der Waals surface area contributed by atoms with Gasteiger partial charge in [-0.15, -0.1) is 0 Å². The third kappa shape index (κ3) is 7.39. The van der Waals surface area contributed by atoms with Gasteiger partial charge in [0.15, 0.2) is 0 Å². The summed E-state index contributed by atoms with van der Waals surface area (Å²) in [6.07, 6.45) is 6.95. The Labute approximate surface area is 245 Å². The van der Waals surface area contributed by atoms with Crippen LogP contribution in [0.3, 0.4) is 0 Å². The van der Waals surface area contributed by atoms with Crippen molar-refractivity contribution in [2.75, 3.05) is 0 Å². The zero-order chi connectivity index (χ0) is 27.7. The van der Waals surface area contributed by atoms with Crippen molar-refractivity contribution in [3.05, 3.63) is 118 Å². The quantitative estimate of drug-likeness (QED) is 0.205. The van der Waals surface area contributed by atoms with Gasteiger partial charge in [0.2, 0.25) is 11.8 Å². The number of carbonyl (C=O) groups excluding carboxylic acids is 2. The minimum atomic E-state index is -0.594. The molecular weight excluding hydrogens is 560 g/mol. The van der Waals surface area contributed by atoms with Gasteiger partial charge in [0.25, 0.3) is 0 Å². The fraction of sp³-hybridized carbons (Fsp3) is 0.314.